The monoisotopic (exact) mass is 438 g/mol. The van der Waals surface area contributed by atoms with Crippen LogP contribution in [0.5, 0.6) is 5.75 Å². The van der Waals surface area contributed by atoms with E-state index >= 15 is 0 Å². The summed E-state index contributed by atoms with van der Waals surface area (Å²) in [7, 11) is 0. The SMILES string of the molecule is C[C@H](N)C(=O)N[C@H]1C(=O)N(CCN2CCOCC2)c2ccccc2O[C@H]1c1ccccc1. The Morgan fingerprint density at radius 1 is 1.09 bits per heavy atom. The molecule has 8 nitrogen and oxygen atoms in total. The molecule has 2 aliphatic heterocycles. The number of carbonyl (C=O) groups is 2. The summed E-state index contributed by atoms with van der Waals surface area (Å²) in [5.74, 6) is -0.00717. The second-order valence-electron chi connectivity index (χ2n) is 8.14. The van der Waals surface area contributed by atoms with Gasteiger partial charge in [0.25, 0.3) is 5.91 Å². The molecule has 0 radical (unpaired) electrons. The highest BCUT2D eigenvalue weighted by atomic mass is 16.5. The van der Waals surface area contributed by atoms with Gasteiger partial charge in [-0.1, -0.05) is 42.5 Å². The molecule has 0 unspecified atom stereocenters. The first-order chi connectivity index (χ1) is 15.5. The lowest BCUT2D eigenvalue weighted by molar-refractivity contribution is -0.130. The minimum Gasteiger partial charge on any atom is -0.481 e. The number of rotatable bonds is 6. The van der Waals surface area contributed by atoms with Gasteiger partial charge in [0.15, 0.2) is 6.10 Å². The molecule has 1 fully saturated rings. The van der Waals surface area contributed by atoms with Crippen LogP contribution in [0.25, 0.3) is 0 Å². The quantitative estimate of drug-likeness (QED) is 0.706. The van der Waals surface area contributed by atoms with Gasteiger partial charge in [0, 0.05) is 26.2 Å². The lowest BCUT2D eigenvalue weighted by Gasteiger charge is -2.31. The highest BCUT2D eigenvalue weighted by Gasteiger charge is 2.40. The molecular weight excluding hydrogens is 408 g/mol. The van der Waals surface area contributed by atoms with E-state index in [1.165, 1.54) is 0 Å². The van der Waals surface area contributed by atoms with E-state index in [-0.39, 0.29) is 5.91 Å². The molecular formula is C24H30N4O4. The summed E-state index contributed by atoms with van der Waals surface area (Å²) in [5.41, 5.74) is 7.31. The Labute approximate surface area is 188 Å². The summed E-state index contributed by atoms with van der Waals surface area (Å²) >= 11 is 0. The predicted molar refractivity (Wildman–Crippen MR) is 121 cm³/mol. The number of hydrogen-bond acceptors (Lipinski definition) is 6. The normalized spacial score (nSPS) is 22.4. The van der Waals surface area contributed by atoms with E-state index in [9.17, 15) is 9.59 Å². The van der Waals surface area contributed by atoms with Gasteiger partial charge in [0.05, 0.1) is 24.9 Å². The third-order valence-corrected chi connectivity index (χ3v) is 5.83. The molecule has 3 N–H and O–H groups in total. The summed E-state index contributed by atoms with van der Waals surface area (Å²) in [6.45, 7) is 5.82. The molecule has 4 rings (SSSR count). The standard InChI is InChI=1S/C24H30N4O4/c1-17(25)23(29)26-21-22(18-7-3-2-4-8-18)32-20-10-6-5-9-19(20)28(24(21)30)12-11-27-13-15-31-16-14-27/h2-10,17,21-22H,11-16,25H2,1H3,(H,26,29)/t17-,21+,22-/m0/s1. The van der Waals surface area contributed by atoms with Crippen molar-refractivity contribution in [1.29, 1.82) is 0 Å². The number of nitrogens with zero attached hydrogens (tertiary/aromatic N) is 2. The van der Waals surface area contributed by atoms with E-state index in [0.717, 1.165) is 18.7 Å². The first kappa shape index (κ1) is 22.3. The molecule has 170 valence electrons. The van der Waals surface area contributed by atoms with Crippen molar-refractivity contribution < 1.29 is 19.1 Å². The van der Waals surface area contributed by atoms with Crippen molar-refractivity contribution in [2.45, 2.75) is 25.1 Å². The molecule has 2 amide bonds. The zero-order valence-corrected chi connectivity index (χ0v) is 18.3. The molecule has 8 heteroatoms. The van der Waals surface area contributed by atoms with Crippen molar-refractivity contribution >= 4 is 17.5 Å². The van der Waals surface area contributed by atoms with E-state index in [1.54, 1.807) is 11.8 Å². The lowest BCUT2D eigenvalue weighted by atomic mass is 10.0. The van der Waals surface area contributed by atoms with Gasteiger partial charge in [-0.15, -0.1) is 0 Å². The fourth-order valence-electron chi connectivity index (χ4n) is 4.02. The van der Waals surface area contributed by atoms with Crippen LogP contribution in [0.15, 0.2) is 54.6 Å². The molecule has 0 aromatic heterocycles. The third kappa shape index (κ3) is 4.93. The summed E-state index contributed by atoms with van der Waals surface area (Å²) < 4.78 is 11.8. The van der Waals surface area contributed by atoms with Crippen LogP contribution >= 0.6 is 0 Å². The highest BCUT2D eigenvalue weighted by Crippen LogP contribution is 2.37. The summed E-state index contributed by atoms with van der Waals surface area (Å²) in [5, 5.41) is 2.85. The molecule has 1 saturated heterocycles. The molecule has 2 aromatic carbocycles. The number of nitrogens with one attached hydrogen (secondary N) is 1. The van der Waals surface area contributed by atoms with Crippen LogP contribution in [0.4, 0.5) is 5.69 Å². The molecule has 2 heterocycles. The first-order valence-corrected chi connectivity index (χ1v) is 11.0. The second-order valence-corrected chi connectivity index (χ2v) is 8.14. The maximum absolute atomic E-state index is 13.9. The van der Waals surface area contributed by atoms with Gasteiger partial charge >= 0.3 is 0 Å². The Morgan fingerprint density at radius 2 is 1.78 bits per heavy atom. The van der Waals surface area contributed by atoms with Gasteiger partial charge in [0.1, 0.15) is 11.8 Å². The van der Waals surface area contributed by atoms with Crippen LogP contribution < -0.4 is 20.7 Å². The van der Waals surface area contributed by atoms with Crippen molar-refractivity contribution in [1.82, 2.24) is 10.2 Å². The molecule has 32 heavy (non-hydrogen) atoms. The summed E-state index contributed by atoms with van der Waals surface area (Å²) in [4.78, 5) is 30.4. The molecule has 0 aliphatic carbocycles. The number of hydrogen-bond donors (Lipinski definition) is 2. The Balaban J connectivity index is 1.68. The van der Waals surface area contributed by atoms with E-state index in [0.29, 0.717) is 37.7 Å². The molecule has 3 atom stereocenters. The fraction of sp³-hybridized carbons (Fsp3) is 0.417. The van der Waals surface area contributed by atoms with Crippen LogP contribution in [0, 0.1) is 0 Å². The van der Waals surface area contributed by atoms with Crippen molar-refractivity contribution in [3.63, 3.8) is 0 Å². The molecule has 2 aliphatic rings. The average molecular weight is 439 g/mol. The zero-order valence-electron chi connectivity index (χ0n) is 18.3. The van der Waals surface area contributed by atoms with Crippen molar-refractivity contribution in [3.8, 4) is 5.75 Å². The van der Waals surface area contributed by atoms with Gasteiger partial charge in [-0.3, -0.25) is 14.5 Å². The van der Waals surface area contributed by atoms with Crippen molar-refractivity contribution in [2.24, 2.45) is 5.73 Å². The molecule has 0 spiro atoms. The topological polar surface area (TPSA) is 97.1 Å². The van der Waals surface area contributed by atoms with E-state index < -0.39 is 24.1 Å². The van der Waals surface area contributed by atoms with Crippen LogP contribution in [0.2, 0.25) is 0 Å². The minimum absolute atomic E-state index is 0.217. The summed E-state index contributed by atoms with van der Waals surface area (Å²) in [6, 6.07) is 15.3. The Bertz CT molecular complexity index is 931. The van der Waals surface area contributed by atoms with Crippen LogP contribution in [-0.4, -0.2) is 68.2 Å². The average Bonchev–Trinajstić information content (AvgIpc) is 2.93. The molecule has 0 saturated carbocycles. The summed E-state index contributed by atoms with van der Waals surface area (Å²) in [6.07, 6.45) is -0.680. The number of amides is 2. The molecule has 0 bridgehead atoms. The number of nitrogens with two attached hydrogens (primary N) is 1. The predicted octanol–water partition coefficient (Wildman–Crippen LogP) is 1.32. The highest BCUT2D eigenvalue weighted by molar-refractivity contribution is 6.02. The van der Waals surface area contributed by atoms with E-state index in [2.05, 4.69) is 10.2 Å². The number of para-hydroxylation sites is 2. The smallest absolute Gasteiger partial charge is 0.253 e. The first-order valence-electron chi connectivity index (χ1n) is 11.0. The van der Waals surface area contributed by atoms with Gasteiger partial charge in [-0.2, -0.15) is 0 Å². The maximum atomic E-state index is 13.9. The van der Waals surface area contributed by atoms with Crippen molar-refractivity contribution in [3.05, 3.63) is 60.2 Å². The Hall–Kier alpha value is -2.94. The maximum Gasteiger partial charge on any atom is 0.253 e. The number of ether oxygens (including phenoxy) is 2. The minimum atomic E-state index is -0.909. The van der Waals surface area contributed by atoms with Crippen LogP contribution in [0.3, 0.4) is 0 Å². The number of benzene rings is 2. The van der Waals surface area contributed by atoms with Crippen molar-refractivity contribution in [2.75, 3.05) is 44.3 Å². The number of morpholine rings is 1. The van der Waals surface area contributed by atoms with Gasteiger partial charge in [-0.05, 0) is 24.6 Å². The zero-order chi connectivity index (χ0) is 22.5. The van der Waals surface area contributed by atoms with Gasteiger partial charge in [0.2, 0.25) is 5.91 Å². The fourth-order valence-corrected chi connectivity index (χ4v) is 4.02. The second kappa shape index (κ2) is 10.1. The molecule has 2 aromatic rings. The van der Waals surface area contributed by atoms with Gasteiger partial charge < -0.3 is 25.4 Å². The number of carbonyl (C=O) groups excluding carboxylic acids is 2. The largest absolute Gasteiger partial charge is 0.481 e. The van der Waals surface area contributed by atoms with E-state index in [1.807, 2.05) is 54.6 Å². The Morgan fingerprint density at radius 3 is 2.50 bits per heavy atom. The lowest BCUT2D eigenvalue weighted by Crippen LogP contribution is -2.55. The Kier molecular flexibility index (Phi) is 7.04. The number of anilines is 1. The third-order valence-electron chi connectivity index (χ3n) is 5.83. The van der Waals surface area contributed by atoms with Crippen LogP contribution in [0.1, 0.15) is 18.6 Å². The van der Waals surface area contributed by atoms with Crippen LogP contribution in [-0.2, 0) is 14.3 Å². The van der Waals surface area contributed by atoms with Gasteiger partial charge in [-0.25, -0.2) is 0 Å². The number of fused-ring (bicyclic) bond motifs is 1. The van der Waals surface area contributed by atoms with E-state index in [4.69, 9.17) is 15.2 Å².